The number of rotatable bonds is 15. The highest BCUT2D eigenvalue weighted by molar-refractivity contribution is 7.99. The zero-order valence-electron chi connectivity index (χ0n) is 19.9. The van der Waals surface area contributed by atoms with E-state index < -0.39 is 18.0 Å². The molecule has 8 heteroatoms. The van der Waals surface area contributed by atoms with E-state index in [-0.39, 0.29) is 24.7 Å². The summed E-state index contributed by atoms with van der Waals surface area (Å²) in [5.41, 5.74) is 3.98. The van der Waals surface area contributed by atoms with Crippen LogP contribution in [0.15, 0.2) is 34.9 Å². The topological polar surface area (TPSA) is 91.1 Å². The highest BCUT2D eigenvalue weighted by atomic mass is 32.2. The van der Waals surface area contributed by atoms with Gasteiger partial charge in [-0.05, 0) is 60.3 Å². The Balaban J connectivity index is 4.49. The first-order valence-electron chi connectivity index (χ1n) is 10.7. The van der Waals surface area contributed by atoms with Crippen LogP contribution < -0.4 is 5.32 Å². The summed E-state index contributed by atoms with van der Waals surface area (Å²) in [6.07, 6.45) is 10.7. The van der Waals surface area contributed by atoms with Crippen molar-refractivity contribution in [3.05, 3.63) is 46.4 Å². The lowest BCUT2D eigenvalue weighted by Crippen LogP contribution is -2.50. The summed E-state index contributed by atoms with van der Waals surface area (Å²) in [4.78, 5) is 39.1. The summed E-state index contributed by atoms with van der Waals surface area (Å²) in [6, 6.07) is -1.81. The van der Waals surface area contributed by atoms with E-state index in [1.54, 1.807) is 0 Å². The molecule has 0 heterocycles. The number of carboxylic acid groups (broad SMARTS) is 1. The molecular weight excluding hydrogens is 426 g/mol. The van der Waals surface area contributed by atoms with Crippen LogP contribution in [-0.2, 0) is 9.59 Å². The van der Waals surface area contributed by atoms with E-state index in [9.17, 15) is 19.5 Å². The van der Waals surface area contributed by atoms with Crippen LogP contribution in [0.1, 0.15) is 60.3 Å². The van der Waals surface area contributed by atoms with Crippen molar-refractivity contribution < 1.29 is 19.5 Å². The molecule has 0 aliphatic heterocycles. The van der Waals surface area contributed by atoms with Gasteiger partial charge >= 0.3 is 12.0 Å². The van der Waals surface area contributed by atoms with Gasteiger partial charge in [0, 0.05) is 11.5 Å². The van der Waals surface area contributed by atoms with Crippen LogP contribution in [-0.4, -0.2) is 58.6 Å². The molecule has 1 atom stereocenters. The van der Waals surface area contributed by atoms with Crippen LogP contribution in [0.3, 0.4) is 0 Å². The number of Topliss-reactive ketones (excluding diaryl/α,β-unsaturated/α-hetero) is 1. The Morgan fingerprint density at radius 3 is 2.16 bits per heavy atom. The van der Waals surface area contributed by atoms with Crippen molar-refractivity contribution in [1.29, 1.82) is 0 Å². The maximum atomic E-state index is 12.2. The number of amides is 2. The molecule has 2 amide bonds. The second-order valence-corrected chi connectivity index (χ2v) is 9.11. The van der Waals surface area contributed by atoms with Crippen LogP contribution in [0.4, 0.5) is 4.79 Å². The molecule has 0 spiro atoms. The molecule has 0 fully saturated rings. The number of thioether (sulfide) groups is 1. The minimum absolute atomic E-state index is 0.195. The minimum atomic E-state index is -1.15. The quantitative estimate of drug-likeness (QED) is 0.201. The number of hydrogen-bond acceptors (Lipinski definition) is 4. The molecule has 0 radical (unpaired) electrons. The number of hydrogen-bond donors (Lipinski definition) is 2. The molecule has 0 aromatic heterocycles. The Morgan fingerprint density at radius 2 is 1.62 bits per heavy atom. The number of ketones is 1. The van der Waals surface area contributed by atoms with Crippen molar-refractivity contribution in [2.45, 2.75) is 66.3 Å². The maximum absolute atomic E-state index is 12.2. The Hall–Kier alpha value is -2.53. The van der Waals surface area contributed by atoms with Gasteiger partial charge in [-0.15, -0.1) is 0 Å². The third-order valence-corrected chi connectivity index (χ3v) is 5.47. The van der Waals surface area contributed by atoms with E-state index in [1.165, 1.54) is 35.4 Å². The fourth-order valence-electron chi connectivity index (χ4n) is 2.68. The largest absolute Gasteiger partial charge is 0.480 e. The molecule has 0 bridgehead atoms. The van der Waals surface area contributed by atoms with Crippen LogP contribution in [0.5, 0.6) is 0 Å². The summed E-state index contributed by atoms with van der Waals surface area (Å²) in [5, 5.41) is 11.8. The third-order valence-electron chi connectivity index (χ3n) is 4.49. The first-order chi connectivity index (χ1) is 15.1. The Bertz CT molecular complexity index is 762. The smallest absolute Gasteiger partial charge is 0.327 e. The SMILES string of the molecule is [C-]#[N+]CN(CC(C)=O)C(=O)N[C@@H](CSC/C=C(\C)CC/C=C(\C)CCC=C(C)C)C(=O)O. The summed E-state index contributed by atoms with van der Waals surface area (Å²) in [7, 11) is 0. The zero-order chi connectivity index (χ0) is 24.5. The molecule has 0 aromatic rings. The van der Waals surface area contributed by atoms with Crippen molar-refractivity contribution in [3.63, 3.8) is 0 Å². The predicted octanol–water partition coefficient (Wildman–Crippen LogP) is 5.07. The number of urea groups is 1. The van der Waals surface area contributed by atoms with E-state index in [2.05, 4.69) is 56.1 Å². The lowest BCUT2D eigenvalue weighted by molar-refractivity contribution is -0.138. The van der Waals surface area contributed by atoms with Gasteiger partial charge in [-0.3, -0.25) is 14.5 Å². The first-order valence-corrected chi connectivity index (χ1v) is 11.9. The standard InChI is InChI=1S/C24H37N3O4S/c1-18(2)9-7-10-19(3)11-8-12-20(4)13-14-32-16-22(23(29)30)26-24(31)27(17-25-6)15-21(5)28/h9,11,13,22H,7-8,10,12,14-17H2,1-5H3,(H,26,31)(H,29,30)/b19-11+,20-13+/t22-/m0/s1. The summed E-state index contributed by atoms with van der Waals surface area (Å²) >= 11 is 1.41. The Morgan fingerprint density at radius 1 is 1.03 bits per heavy atom. The van der Waals surface area contributed by atoms with Crippen molar-refractivity contribution in [3.8, 4) is 0 Å². The lowest BCUT2D eigenvalue weighted by atomic mass is 10.1. The average Bonchev–Trinajstić information content (AvgIpc) is 2.69. The van der Waals surface area contributed by atoms with Gasteiger partial charge in [-0.25, -0.2) is 16.2 Å². The van der Waals surface area contributed by atoms with Gasteiger partial charge in [-0.2, -0.15) is 11.8 Å². The fourth-order valence-corrected chi connectivity index (χ4v) is 3.68. The first kappa shape index (κ1) is 29.5. The van der Waals surface area contributed by atoms with E-state index in [1.807, 2.05) is 0 Å². The van der Waals surface area contributed by atoms with Crippen LogP contribution in [0.25, 0.3) is 4.85 Å². The normalized spacial score (nSPS) is 12.5. The van der Waals surface area contributed by atoms with Gasteiger partial charge in [0.15, 0.2) is 0 Å². The molecule has 0 unspecified atom stereocenters. The monoisotopic (exact) mass is 463 g/mol. The molecule has 7 nitrogen and oxygen atoms in total. The van der Waals surface area contributed by atoms with E-state index in [0.29, 0.717) is 5.75 Å². The zero-order valence-corrected chi connectivity index (χ0v) is 20.8. The number of aliphatic carboxylic acids is 1. The van der Waals surface area contributed by atoms with Crippen LogP contribution in [0, 0.1) is 6.57 Å². The highest BCUT2D eigenvalue weighted by Crippen LogP contribution is 2.13. The molecule has 0 saturated heterocycles. The second kappa shape index (κ2) is 17.1. The Kier molecular flexibility index (Phi) is 15.7. The molecule has 0 aliphatic rings. The molecular formula is C24H37N3O4S. The third kappa shape index (κ3) is 15.3. The average molecular weight is 464 g/mol. The van der Waals surface area contributed by atoms with Gasteiger partial charge in [0.1, 0.15) is 11.8 Å². The van der Waals surface area contributed by atoms with Gasteiger partial charge in [-0.1, -0.05) is 34.9 Å². The van der Waals surface area contributed by atoms with Crippen molar-refractivity contribution in [1.82, 2.24) is 10.2 Å². The predicted molar refractivity (Wildman–Crippen MR) is 132 cm³/mol. The molecule has 0 aliphatic carbocycles. The van der Waals surface area contributed by atoms with Crippen LogP contribution in [0.2, 0.25) is 0 Å². The van der Waals surface area contributed by atoms with Crippen LogP contribution >= 0.6 is 11.8 Å². The number of carbonyl (C=O) groups is 3. The molecule has 0 rings (SSSR count). The Labute approximate surface area is 196 Å². The van der Waals surface area contributed by atoms with Gasteiger partial charge in [0.2, 0.25) is 0 Å². The van der Waals surface area contributed by atoms with Gasteiger partial charge in [0.25, 0.3) is 6.67 Å². The fraction of sp³-hybridized carbons (Fsp3) is 0.583. The molecule has 0 saturated carbocycles. The number of carboxylic acids is 1. The number of nitrogens with one attached hydrogen (secondary N) is 1. The van der Waals surface area contributed by atoms with Crippen molar-refractivity contribution >= 4 is 29.5 Å². The summed E-state index contributed by atoms with van der Waals surface area (Å²) in [5.74, 6) is -0.580. The van der Waals surface area contributed by atoms with E-state index >= 15 is 0 Å². The van der Waals surface area contributed by atoms with Crippen molar-refractivity contribution in [2.75, 3.05) is 24.7 Å². The maximum Gasteiger partial charge on any atom is 0.327 e. The number of allylic oxidation sites excluding steroid dienone is 5. The van der Waals surface area contributed by atoms with E-state index in [4.69, 9.17) is 6.57 Å². The lowest BCUT2D eigenvalue weighted by Gasteiger charge is -2.20. The van der Waals surface area contributed by atoms with E-state index in [0.717, 1.165) is 30.6 Å². The van der Waals surface area contributed by atoms with Gasteiger partial charge < -0.3 is 10.4 Å². The van der Waals surface area contributed by atoms with Crippen molar-refractivity contribution in [2.24, 2.45) is 0 Å². The minimum Gasteiger partial charge on any atom is -0.480 e. The van der Waals surface area contributed by atoms with Gasteiger partial charge in [0.05, 0.1) is 6.54 Å². The number of nitrogens with zero attached hydrogens (tertiary/aromatic N) is 2. The summed E-state index contributed by atoms with van der Waals surface area (Å²) < 4.78 is 0. The summed E-state index contributed by atoms with van der Waals surface area (Å²) in [6.45, 7) is 16.1. The number of carbonyl (C=O) groups excluding carboxylic acids is 2. The molecule has 32 heavy (non-hydrogen) atoms. The molecule has 0 aromatic carbocycles. The highest BCUT2D eigenvalue weighted by Gasteiger charge is 2.24. The molecule has 2 N–H and O–H groups in total. The second-order valence-electron chi connectivity index (χ2n) is 8.04. The molecule has 178 valence electrons.